The summed E-state index contributed by atoms with van der Waals surface area (Å²) in [5.74, 6) is -4.80. The molecule has 4 aliphatic heterocycles. The van der Waals surface area contributed by atoms with Gasteiger partial charge in [-0.05, 0) is 18.2 Å². The Kier molecular flexibility index (Phi) is 13.1. The second-order valence-electron chi connectivity index (χ2n) is 13.8. The van der Waals surface area contributed by atoms with Crippen LogP contribution in [0.2, 0.25) is 0 Å². The van der Waals surface area contributed by atoms with E-state index < -0.39 is 148 Å². The van der Waals surface area contributed by atoms with Gasteiger partial charge < -0.3 is 104 Å². The number of hydrogen-bond acceptors (Lipinski definition) is 21. The first-order valence-corrected chi connectivity index (χ1v) is 17.6. The largest absolute Gasteiger partial charge is 0.571 e. The van der Waals surface area contributed by atoms with Crippen molar-refractivity contribution in [3.05, 3.63) is 47.2 Å². The third kappa shape index (κ3) is 9.01. The number of esters is 1. The van der Waals surface area contributed by atoms with Crippen molar-refractivity contribution in [1.82, 2.24) is 0 Å². The lowest BCUT2D eigenvalue weighted by molar-refractivity contribution is -0.353. The van der Waals surface area contributed by atoms with Crippen LogP contribution in [0, 0.1) is 0 Å². The summed E-state index contributed by atoms with van der Waals surface area (Å²) in [6.07, 6.45) is -25.9. The predicted octanol–water partition coefficient (Wildman–Crippen LogP) is -4.38. The Labute approximate surface area is 326 Å². The van der Waals surface area contributed by atoms with Crippen molar-refractivity contribution >= 4 is 18.0 Å². The average Bonchev–Trinajstić information content (AvgIpc) is 3.17. The van der Waals surface area contributed by atoms with Gasteiger partial charge in [-0.25, -0.2) is 0 Å². The first-order chi connectivity index (χ1) is 27.5. The van der Waals surface area contributed by atoms with Gasteiger partial charge in [-0.2, -0.15) is 0 Å². The van der Waals surface area contributed by atoms with Gasteiger partial charge in [-0.3, -0.25) is 9.59 Å². The summed E-state index contributed by atoms with van der Waals surface area (Å²) in [5, 5.41) is 134. The molecule has 15 atom stereocenters. The monoisotopic (exact) mass is 831 g/mol. The molecule has 14 N–H and O–H groups in total. The molecule has 0 aromatic heterocycles. The SMILES string of the molecule is O=C(O)CC(=O)OCC1OC(Oc2cc(O)cc3c2C=C(OC2OC(CO)C(O)C(O)C2OC2OCC(O)C(O)C2O)C(c2ccc(O)c(O)c2)[OH+]3)C(O)C(O)C1O. The van der Waals surface area contributed by atoms with Gasteiger partial charge in [0.15, 0.2) is 29.7 Å². The summed E-state index contributed by atoms with van der Waals surface area (Å²) >= 11 is 0. The number of carboxylic acid groups (broad SMARTS) is 1. The number of fused-ring (bicyclic) bond motifs is 1. The Morgan fingerprint density at radius 3 is 2.14 bits per heavy atom. The number of carbonyl (C=O) groups excluding carboxylic acids is 1. The lowest BCUT2D eigenvalue weighted by atomic mass is 9.97. The highest BCUT2D eigenvalue weighted by Gasteiger charge is 2.51. The van der Waals surface area contributed by atoms with E-state index in [9.17, 15) is 70.9 Å². The Bertz CT molecular complexity index is 1820. The minimum atomic E-state index is -1.97. The predicted molar refractivity (Wildman–Crippen MR) is 182 cm³/mol. The van der Waals surface area contributed by atoms with Crippen LogP contribution >= 0.6 is 0 Å². The molecule has 4 aliphatic rings. The first kappa shape index (κ1) is 43.0. The number of ether oxygens (including phenoxy) is 8. The fourth-order valence-electron chi connectivity index (χ4n) is 6.53. The molecule has 3 saturated heterocycles. The van der Waals surface area contributed by atoms with Crippen molar-refractivity contribution in [2.45, 2.75) is 98.5 Å². The zero-order valence-corrected chi connectivity index (χ0v) is 29.9. The highest BCUT2D eigenvalue weighted by atomic mass is 16.8. The molecule has 2 aromatic carbocycles. The summed E-state index contributed by atoms with van der Waals surface area (Å²) in [7, 11) is 0. The number of benzene rings is 2. The summed E-state index contributed by atoms with van der Waals surface area (Å²) in [6.45, 7) is -2.12. The molecule has 4 heterocycles. The van der Waals surface area contributed by atoms with Crippen LogP contribution in [0.3, 0.4) is 0 Å². The number of carbonyl (C=O) groups is 2. The average molecular weight is 832 g/mol. The molecule has 23 nitrogen and oxygen atoms in total. The number of aliphatic hydroxyl groups excluding tert-OH is 9. The molecule has 3 fully saturated rings. The first-order valence-electron chi connectivity index (χ1n) is 17.6. The summed E-state index contributed by atoms with van der Waals surface area (Å²) < 4.78 is 44.0. The molecule has 15 unspecified atom stereocenters. The van der Waals surface area contributed by atoms with E-state index in [0.717, 1.165) is 18.2 Å². The maximum Gasteiger partial charge on any atom is 0.317 e. The van der Waals surface area contributed by atoms with Crippen molar-refractivity contribution < 1.29 is 114 Å². The topological polar surface area (TPSA) is 375 Å². The number of carboxylic acids is 1. The third-order valence-corrected chi connectivity index (χ3v) is 9.68. The Balaban J connectivity index is 1.35. The van der Waals surface area contributed by atoms with E-state index in [1.807, 2.05) is 0 Å². The lowest BCUT2D eigenvalue weighted by Gasteiger charge is -2.45. The van der Waals surface area contributed by atoms with E-state index in [4.69, 9.17) is 38.3 Å². The normalized spacial score (nSPS) is 36.2. The van der Waals surface area contributed by atoms with E-state index in [0.29, 0.717) is 0 Å². The van der Waals surface area contributed by atoms with Crippen LogP contribution in [0.5, 0.6) is 28.7 Å². The van der Waals surface area contributed by atoms with Crippen molar-refractivity contribution in [3.63, 3.8) is 0 Å². The highest BCUT2D eigenvalue weighted by Crippen LogP contribution is 2.47. The van der Waals surface area contributed by atoms with Gasteiger partial charge in [-0.1, -0.05) is 0 Å². The molecule has 0 radical (unpaired) electrons. The smallest absolute Gasteiger partial charge is 0.317 e. The molecule has 0 aliphatic carbocycles. The molecule has 0 bridgehead atoms. The summed E-state index contributed by atoms with van der Waals surface area (Å²) in [5.41, 5.74) is 0.126. The summed E-state index contributed by atoms with van der Waals surface area (Å²) in [4.78, 5) is 22.7. The quantitative estimate of drug-likeness (QED) is 0.0416. The van der Waals surface area contributed by atoms with Gasteiger partial charge >= 0.3 is 11.9 Å². The van der Waals surface area contributed by atoms with Gasteiger partial charge in [0, 0.05) is 12.1 Å². The number of phenolic OH excluding ortho intramolecular Hbond substituents is 3. The Morgan fingerprint density at radius 1 is 0.759 bits per heavy atom. The lowest BCUT2D eigenvalue weighted by Crippen LogP contribution is -2.63. The fraction of sp³-hybridized carbons (Fsp3) is 0.543. The summed E-state index contributed by atoms with van der Waals surface area (Å²) in [6, 6.07) is 5.82. The second-order valence-corrected chi connectivity index (χ2v) is 13.8. The van der Waals surface area contributed by atoms with E-state index in [1.54, 1.807) is 0 Å². The van der Waals surface area contributed by atoms with Crippen LogP contribution in [-0.2, 0) is 38.0 Å². The molecular weight excluding hydrogens is 788 g/mol. The van der Waals surface area contributed by atoms with Gasteiger partial charge in [0.25, 0.3) is 11.9 Å². The van der Waals surface area contributed by atoms with Crippen LogP contribution in [0.25, 0.3) is 6.08 Å². The van der Waals surface area contributed by atoms with Gasteiger partial charge in [0.1, 0.15) is 91.1 Å². The van der Waals surface area contributed by atoms with Crippen LogP contribution < -0.4 is 4.74 Å². The van der Waals surface area contributed by atoms with Crippen LogP contribution in [0.1, 0.15) is 23.7 Å². The van der Waals surface area contributed by atoms with Crippen LogP contribution in [0.4, 0.5) is 0 Å². The molecule has 58 heavy (non-hydrogen) atoms. The van der Waals surface area contributed by atoms with E-state index in [1.165, 1.54) is 18.2 Å². The third-order valence-electron chi connectivity index (χ3n) is 9.68. The molecule has 6 rings (SSSR count). The van der Waals surface area contributed by atoms with Crippen LogP contribution in [0.15, 0.2) is 36.1 Å². The Morgan fingerprint density at radius 2 is 1.45 bits per heavy atom. The molecule has 320 valence electrons. The van der Waals surface area contributed by atoms with Crippen molar-refractivity contribution in [2.75, 3.05) is 19.8 Å². The van der Waals surface area contributed by atoms with Gasteiger partial charge in [0.2, 0.25) is 12.6 Å². The second kappa shape index (κ2) is 17.7. The minimum absolute atomic E-state index is 0.0244. The van der Waals surface area contributed by atoms with E-state index in [-0.39, 0.29) is 28.4 Å². The molecule has 2 aromatic rings. The fourth-order valence-corrected chi connectivity index (χ4v) is 6.53. The van der Waals surface area contributed by atoms with Crippen molar-refractivity contribution in [2.24, 2.45) is 0 Å². The van der Waals surface area contributed by atoms with Gasteiger partial charge in [0.05, 0.1) is 24.8 Å². The number of hydrogen-bond donors (Lipinski definition) is 13. The highest BCUT2D eigenvalue weighted by molar-refractivity contribution is 5.90. The molecule has 0 saturated carbocycles. The maximum absolute atomic E-state index is 11.8. The minimum Gasteiger partial charge on any atom is -0.571 e. The zero-order valence-electron chi connectivity index (χ0n) is 29.9. The molecule has 0 amide bonds. The van der Waals surface area contributed by atoms with E-state index in [2.05, 4.69) is 4.74 Å². The zero-order chi connectivity index (χ0) is 42.2. The standard InChI is InChI=1S/C35H42O23/c36-8-20-25(45)28(48)32(58-33-29(49)24(44)16(40)9-52-33)35(56-20)55-19-6-13-17(53-31(19)11-1-2-14(38)15(39)3-11)4-12(37)5-18(13)54-34-30(50)27(47)26(46)21(57-34)10-51-23(43)7-22(41)42/h1-6,16,20-21,24-40,44-50H,7-10H2,(H,41,42)/p+1. The number of aromatic hydroxyl groups is 4. The number of aliphatic carboxylic acids is 1. The number of aliphatic hydroxyl groups is 10. The van der Waals surface area contributed by atoms with Gasteiger partial charge in [-0.15, -0.1) is 0 Å². The van der Waals surface area contributed by atoms with Crippen LogP contribution in [-0.4, -0.2) is 189 Å². The molecule has 23 heteroatoms. The van der Waals surface area contributed by atoms with E-state index >= 15 is 0 Å². The molecular formula is C35H43O23+. The molecule has 0 spiro atoms. The number of phenols is 3. The Hall–Kier alpha value is -4.60. The van der Waals surface area contributed by atoms with Crippen molar-refractivity contribution in [3.8, 4) is 28.7 Å². The number of rotatable bonds is 12. The maximum atomic E-state index is 11.8. The van der Waals surface area contributed by atoms with Crippen molar-refractivity contribution in [1.29, 1.82) is 0 Å².